The third-order valence-electron chi connectivity index (χ3n) is 2.39. The summed E-state index contributed by atoms with van der Waals surface area (Å²) in [6.07, 6.45) is 1.96. The van der Waals surface area contributed by atoms with Crippen molar-refractivity contribution in [2.75, 3.05) is 0 Å². The summed E-state index contributed by atoms with van der Waals surface area (Å²) in [5.41, 5.74) is 8.24. The van der Waals surface area contributed by atoms with Crippen LogP contribution >= 0.6 is 0 Å². The molecule has 0 bridgehead atoms. The maximum Gasteiger partial charge on any atom is 0.320 e. The molecule has 0 aromatic carbocycles. The fourth-order valence-corrected chi connectivity index (χ4v) is 1.55. The predicted octanol–water partition coefficient (Wildman–Crippen LogP) is 0.0662. The number of hydrogen-bond acceptors (Lipinski definition) is 4. The average molecular weight is 208 g/mol. The van der Waals surface area contributed by atoms with Crippen LogP contribution < -0.4 is 5.73 Å². The van der Waals surface area contributed by atoms with Crippen molar-refractivity contribution in [2.24, 2.45) is 5.73 Å². The van der Waals surface area contributed by atoms with E-state index in [0.29, 0.717) is 19.6 Å². The van der Waals surface area contributed by atoms with Gasteiger partial charge in [0.2, 0.25) is 0 Å². The van der Waals surface area contributed by atoms with Crippen molar-refractivity contribution < 1.29 is 14.6 Å². The Morgan fingerprint density at radius 1 is 1.67 bits per heavy atom. The number of aromatic nitrogens is 1. The van der Waals surface area contributed by atoms with E-state index in [1.807, 2.05) is 6.07 Å². The number of carboxylic acids is 1. The second-order valence-electron chi connectivity index (χ2n) is 3.59. The molecule has 1 atom stereocenters. The molecule has 0 radical (unpaired) electrons. The molecule has 3 N–H and O–H groups in total. The number of carboxylic acid groups (broad SMARTS) is 1. The van der Waals surface area contributed by atoms with Crippen LogP contribution in [0.5, 0.6) is 0 Å². The molecule has 1 unspecified atom stereocenters. The van der Waals surface area contributed by atoms with Gasteiger partial charge in [0.25, 0.3) is 0 Å². The van der Waals surface area contributed by atoms with Crippen molar-refractivity contribution in [3.05, 3.63) is 29.1 Å². The zero-order valence-corrected chi connectivity index (χ0v) is 8.14. The van der Waals surface area contributed by atoms with Gasteiger partial charge in [-0.2, -0.15) is 0 Å². The molecule has 1 aliphatic rings. The molecule has 5 nitrogen and oxygen atoms in total. The molecule has 0 saturated carbocycles. The number of pyridine rings is 1. The number of rotatable bonds is 3. The average Bonchev–Trinajstić information content (AvgIpc) is 2.64. The lowest BCUT2D eigenvalue weighted by Gasteiger charge is -2.06. The predicted molar refractivity (Wildman–Crippen MR) is 52.0 cm³/mol. The number of nitrogens with two attached hydrogens (primary N) is 1. The SMILES string of the molecule is NC(Cc1cnc2c(c1)COC2)C(=O)O. The lowest BCUT2D eigenvalue weighted by atomic mass is 10.1. The van der Waals surface area contributed by atoms with Gasteiger partial charge in [-0.15, -0.1) is 0 Å². The van der Waals surface area contributed by atoms with E-state index in [1.165, 1.54) is 0 Å². The van der Waals surface area contributed by atoms with Gasteiger partial charge in [-0.3, -0.25) is 9.78 Å². The minimum absolute atomic E-state index is 0.301. The lowest BCUT2D eigenvalue weighted by molar-refractivity contribution is -0.138. The quantitative estimate of drug-likeness (QED) is 0.734. The Kier molecular flexibility index (Phi) is 2.66. The highest BCUT2D eigenvalue weighted by Crippen LogP contribution is 2.18. The number of nitrogens with zero attached hydrogens (tertiary/aromatic N) is 1. The first kappa shape index (κ1) is 10.1. The van der Waals surface area contributed by atoms with Crippen molar-refractivity contribution in [3.63, 3.8) is 0 Å². The molecule has 0 fully saturated rings. The van der Waals surface area contributed by atoms with Crippen LogP contribution in [0, 0.1) is 0 Å². The third kappa shape index (κ3) is 2.14. The molecule has 15 heavy (non-hydrogen) atoms. The summed E-state index contributed by atoms with van der Waals surface area (Å²) in [5.74, 6) is -0.994. The first-order chi connectivity index (χ1) is 7.16. The van der Waals surface area contributed by atoms with Crippen LogP contribution in [-0.2, 0) is 29.2 Å². The molecule has 1 aromatic rings. The summed E-state index contributed by atoms with van der Waals surface area (Å²) in [7, 11) is 0. The van der Waals surface area contributed by atoms with Gasteiger partial charge >= 0.3 is 5.97 Å². The van der Waals surface area contributed by atoms with Crippen molar-refractivity contribution in [1.82, 2.24) is 4.98 Å². The van der Waals surface area contributed by atoms with E-state index >= 15 is 0 Å². The second-order valence-corrected chi connectivity index (χ2v) is 3.59. The summed E-state index contributed by atoms with van der Waals surface area (Å²) in [5, 5.41) is 8.67. The molecule has 0 saturated heterocycles. The summed E-state index contributed by atoms with van der Waals surface area (Å²) in [6.45, 7) is 1.10. The molecule has 1 aromatic heterocycles. The van der Waals surface area contributed by atoms with Gasteiger partial charge in [0.05, 0.1) is 18.9 Å². The topological polar surface area (TPSA) is 85.4 Å². The summed E-state index contributed by atoms with van der Waals surface area (Å²) in [6, 6.07) is 1.05. The first-order valence-corrected chi connectivity index (χ1v) is 4.69. The fraction of sp³-hybridized carbons (Fsp3) is 0.400. The number of ether oxygens (including phenoxy) is 1. The molecule has 2 rings (SSSR count). The fourth-order valence-electron chi connectivity index (χ4n) is 1.55. The Morgan fingerprint density at radius 3 is 3.20 bits per heavy atom. The van der Waals surface area contributed by atoms with Crippen molar-refractivity contribution >= 4 is 5.97 Å². The Bertz CT molecular complexity index is 392. The van der Waals surface area contributed by atoms with E-state index in [2.05, 4.69) is 4.98 Å². The molecule has 2 heterocycles. The lowest BCUT2D eigenvalue weighted by Crippen LogP contribution is -2.32. The summed E-state index contributed by atoms with van der Waals surface area (Å²) < 4.78 is 5.21. The molecule has 0 amide bonds. The smallest absolute Gasteiger partial charge is 0.320 e. The van der Waals surface area contributed by atoms with E-state index in [-0.39, 0.29) is 0 Å². The number of fused-ring (bicyclic) bond motifs is 1. The Balaban J connectivity index is 2.13. The Labute approximate surface area is 86.9 Å². The van der Waals surface area contributed by atoms with E-state index in [0.717, 1.165) is 16.8 Å². The Morgan fingerprint density at radius 2 is 2.47 bits per heavy atom. The van der Waals surface area contributed by atoms with Crippen LogP contribution in [0.1, 0.15) is 16.8 Å². The number of carbonyl (C=O) groups is 1. The molecule has 0 aliphatic carbocycles. The van der Waals surface area contributed by atoms with Crippen LogP contribution in [0.15, 0.2) is 12.3 Å². The zero-order chi connectivity index (χ0) is 10.8. The van der Waals surface area contributed by atoms with Crippen molar-refractivity contribution in [2.45, 2.75) is 25.7 Å². The van der Waals surface area contributed by atoms with E-state index in [4.69, 9.17) is 15.6 Å². The minimum Gasteiger partial charge on any atom is -0.480 e. The van der Waals surface area contributed by atoms with Gasteiger partial charge in [-0.05, 0) is 18.1 Å². The zero-order valence-electron chi connectivity index (χ0n) is 8.14. The van der Waals surface area contributed by atoms with E-state index in [9.17, 15) is 4.79 Å². The molecular formula is C10H12N2O3. The van der Waals surface area contributed by atoms with Gasteiger partial charge in [0, 0.05) is 11.8 Å². The molecule has 5 heteroatoms. The van der Waals surface area contributed by atoms with E-state index in [1.54, 1.807) is 6.20 Å². The summed E-state index contributed by atoms with van der Waals surface area (Å²) in [4.78, 5) is 14.8. The molecule has 80 valence electrons. The number of hydrogen-bond donors (Lipinski definition) is 2. The molecule has 0 spiro atoms. The van der Waals surface area contributed by atoms with Gasteiger partial charge in [-0.25, -0.2) is 0 Å². The van der Waals surface area contributed by atoms with Crippen LogP contribution in [0.25, 0.3) is 0 Å². The second kappa shape index (κ2) is 3.96. The van der Waals surface area contributed by atoms with Crippen LogP contribution in [-0.4, -0.2) is 22.1 Å². The monoisotopic (exact) mass is 208 g/mol. The molecule has 1 aliphatic heterocycles. The van der Waals surface area contributed by atoms with Crippen LogP contribution in [0.2, 0.25) is 0 Å². The molecular weight excluding hydrogens is 196 g/mol. The van der Waals surface area contributed by atoms with Gasteiger partial charge in [0.15, 0.2) is 0 Å². The maximum absolute atomic E-state index is 10.6. The van der Waals surface area contributed by atoms with Crippen LogP contribution in [0.3, 0.4) is 0 Å². The highest BCUT2D eigenvalue weighted by atomic mass is 16.5. The normalized spacial score (nSPS) is 16.1. The minimum atomic E-state index is -0.994. The first-order valence-electron chi connectivity index (χ1n) is 4.69. The van der Waals surface area contributed by atoms with Gasteiger partial charge in [0.1, 0.15) is 6.04 Å². The maximum atomic E-state index is 10.6. The van der Waals surface area contributed by atoms with Gasteiger partial charge < -0.3 is 15.6 Å². The van der Waals surface area contributed by atoms with Crippen molar-refractivity contribution in [1.29, 1.82) is 0 Å². The summed E-state index contributed by atoms with van der Waals surface area (Å²) >= 11 is 0. The van der Waals surface area contributed by atoms with Gasteiger partial charge in [-0.1, -0.05) is 0 Å². The van der Waals surface area contributed by atoms with Crippen molar-refractivity contribution in [3.8, 4) is 0 Å². The van der Waals surface area contributed by atoms with Crippen LogP contribution in [0.4, 0.5) is 0 Å². The van der Waals surface area contributed by atoms with E-state index < -0.39 is 12.0 Å². The highest BCUT2D eigenvalue weighted by molar-refractivity contribution is 5.73. The Hall–Kier alpha value is -1.46. The highest BCUT2D eigenvalue weighted by Gasteiger charge is 2.16. The standard InChI is InChI=1S/C10H12N2O3/c11-8(10(13)14)2-6-1-7-4-15-5-9(7)12-3-6/h1,3,8H,2,4-5,11H2,(H,13,14). The largest absolute Gasteiger partial charge is 0.480 e. The number of aliphatic carboxylic acids is 1. The third-order valence-corrected chi connectivity index (χ3v) is 2.39.